The number of methoxy groups -OCH3 is 1. The predicted molar refractivity (Wildman–Crippen MR) is 85.5 cm³/mol. The van der Waals surface area contributed by atoms with E-state index in [9.17, 15) is 9.90 Å². The van der Waals surface area contributed by atoms with Crippen molar-refractivity contribution in [1.82, 2.24) is 0 Å². The molecule has 2 aromatic carbocycles. The SMILES string of the molecule is COc1ccc([C@@H]2Cc3cc(Cl)ccc3NC(=O)[C@@H]2O)cc1. The number of hydrogen-bond acceptors (Lipinski definition) is 3. The summed E-state index contributed by atoms with van der Waals surface area (Å²) < 4.78 is 5.14. The number of nitrogens with one attached hydrogen (secondary N) is 1. The van der Waals surface area contributed by atoms with Crippen molar-refractivity contribution in [1.29, 1.82) is 0 Å². The first kappa shape index (κ1) is 14.9. The molecule has 3 rings (SSSR count). The molecule has 1 aliphatic heterocycles. The minimum atomic E-state index is -1.11. The summed E-state index contributed by atoms with van der Waals surface area (Å²) in [5.41, 5.74) is 2.50. The molecule has 0 aliphatic carbocycles. The Kier molecular flexibility index (Phi) is 4.05. The van der Waals surface area contributed by atoms with Crippen molar-refractivity contribution in [2.45, 2.75) is 18.4 Å². The van der Waals surface area contributed by atoms with Gasteiger partial charge in [-0.05, 0) is 47.9 Å². The highest BCUT2D eigenvalue weighted by atomic mass is 35.5. The molecule has 0 fully saturated rings. The maximum absolute atomic E-state index is 12.1. The second-order valence-electron chi connectivity index (χ2n) is 5.32. The number of benzene rings is 2. The average Bonchev–Trinajstić information content (AvgIpc) is 2.65. The molecule has 0 unspecified atom stereocenters. The molecule has 0 aromatic heterocycles. The Balaban J connectivity index is 2.00. The molecule has 0 bridgehead atoms. The number of aliphatic hydroxyl groups is 1. The van der Waals surface area contributed by atoms with E-state index in [1.165, 1.54) is 0 Å². The van der Waals surface area contributed by atoms with Gasteiger partial charge in [-0.25, -0.2) is 0 Å². The second kappa shape index (κ2) is 5.99. The maximum Gasteiger partial charge on any atom is 0.253 e. The van der Waals surface area contributed by atoms with Gasteiger partial charge in [0.2, 0.25) is 0 Å². The van der Waals surface area contributed by atoms with Crippen molar-refractivity contribution in [2.75, 3.05) is 12.4 Å². The largest absolute Gasteiger partial charge is 0.497 e. The van der Waals surface area contributed by atoms with Crippen molar-refractivity contribution >= 4 is 23.2 Å². The zero-order valence-corrected chi connectivity index (χ0v) is 12.8. The van der Waals surface area contributed by atoms with Crippen molar-refractivity contribution in [3.8, 4) is 5.75 Å². The van der Waals surface area contributed by atoms with Crippen molar-refractivity contribution < 1.29 is 14.6 Å². The molecule has 1 heterocycles. The zero-order chi connectivity index (χ0) is 15.7. The summed E-state index contributed by atoms with van der Waals surface area (Å²) in [4.78, 5) is 12.1. The lowest BCUT2D eigenvalue weighted by Crippen LogP contribution is -2.31. The standard InChI is InChI=1S/C17H16ClNO3/c1-22-13-5-2-10(3-6-13)14-9-11-8-12(18)4-7-15(11)19-17(21)16(14)20/h2-8,14,16,20H,9H2,1H3,(H,19,21)/t14-,16+/m0/s1. The number of carbonyl (C=O) groups excluding carboxylic acids is 1. The number of ether oxygens (including phenoxy) is 1. The van der Waals surface area contributed by atoms with Crippen LogP contribution >= 0.6 is 11.6 Å². The molecule has 1 amide bonds. The quantitative estimate of drug-likeness (QED) is 0.895. The highest BCUT2D eigenvalue weighted by molar-refractivity contribution is 6.30. The van der Waals surface area contributed by atoms with Gasteiger partial charge >= 0.3 is 0 Å². The minimum Gasteiger partial charge on any atom is -0.497 e. The average molecular weight is 318 g/mol. The van der Waals surface area contributed by atoms with Gasteiger partial charge < -0.3 is 15.2 Å². The van der Waals surface area contributed by atoms with Crippen LogP contribution in [0.3, 0.4) is 0 Å². The topological polar surface area (TPSA) is 58.6 Å². The van der Waals surface area contributed by atoms with E-state index in [0.717, 1.165) is 16.9 Å². The molecule has 0 saturated carbocycles. The van der Waals surface area contributed by atoms with Crippen LogP contribution in [0.25, 0.3) is 0 Å². The molecule has 0 radical (unpaired) electrons. The van der Waals surface area contributed by atoms with Crippen molar-refractivity contribution in [2.24, 2.45) is 0 Å². The number of rotatable bonds is 2. The number of halogens is 1. The van der Waals surface area contributed by atoms with Crippen LogP contribution in [-0.4, -0.2) is 24.2 Å². The van der Waals surface area contributed by atoms with Crippen LogP contribution in [0.4, 0.5) is 5.69 Å². The van der Waals surface area contributed by atoms with Crippen LogP contribution in [-0.2, 0) is 11.2 Å². The summed E-state index contributed by atoms with van der Waals surface area (Å²) >= 11 is 6.04. The number of amides is 1. The molecule has 2 atom stereocenters. The highest BCUT2D eigenvalue weighted by Crippen LogP contribution is 2.33. The molecule has 0 saturated heterocycles. The maximum atomic E-state index is 12.1. The first-order chi connectivity index (χ1) is 10.6. The normalized spacial score (nSPS) is 20.8. The molecule has 2 aromatic rings. The van der Waals surface area contributed by atoms with Gasteiger partial charge in [-0.2, -0.15) is 0 Å². The smallest absolute Gasteiger partial charge is 0.253 e. The van der Waals surface area contributed by atoms with Gasteiger partial charge in [-0.3, -0.25) is 4.79 Å². The number of aliphatic hydroxyl groups excluding tert-OH is 1. The summed E-state index contributed by atoms with van der Waals surface area (Å²) in [5.74, 6) is 0.00673. The fourth-order valence-corrected chi connectivity index (χ4v) is 2.94. The molecule has 22 heavy (non-hydrogen) atoms. The van der Waals surface area contributed by atoms with E-state index >= 15 is 0 Å². The fourth-order valence-electron chi connectivity index (χ4n) is 2.74. The zero-order valence-electron chi connectivity index (χ0n) is 12.0. The van der Waals surface area contributed by atoms with Crippen LogP contribution in [0.15, 0.2) is 42.5 Å². The van der Waals surface area contributed by atoms with E-state index < -0.39 is 12.0 Å². The van der Waals surface area contributed by atoms with E-state index in [1.54, 1.807) is 19.2 Å². The van der Waals surface area contributed by atoms with Gasteiger partial charge in [0.15, 0.2) is 0 Å². The second-order valence-corrected chi connectivity index (χ2v) is 5.76. The molecule has 0 spiro atoms. The fraction of sp³-hybridized carbons (Fsp3) is 0.235. The lowest BCUT2D eigenvalue weighted by molar-refractivity contribution is -0.124. The molecular formula is C17H16ClNO3. The summed E-state index contributed by atoms with van der Waals surface area (Å²) in [5, 5.41) is 13.7. The molecule has 1 aliphatic rings. The van der Waals surface area contributed by atoms with Crippen molar-refractivity contribution in [3.63, 3.8) is 0 Å². The predicted octanol–water partition coefficient (Wildman–Crippen LogP) is 2.99. The Morgan fingerprint density at radius 3 is 2.64 bits per heavy atom. The number of fused-ring (bicyclic) bond motifs is 1. The Labute approximate surface area is 133 Å². The Bertz CT molecular complexity index is 700. The number of anilines is 1. The van der Waals surface area contributed by atoms with E-state index in [0.29, 0.717) is 17.1 Å². The first-order valence-electron chi connectivity index (χ1n) is 7.00. The van der Waals surface area contributed by atoms with Crippen LogP contribution in [0.1, 0.15) is 17.0 Å². The van der Waals surface area contributed by atoms with E-state index in [2.05, 4.69) is 5.32 Å². The van der Waals surface area contributed by atoms with Gasteiger partial charge in [0.05, 0.1) is 7.11 Å². The summed E-state index contributed by atoms with van der Waals surface area (Å²) in [7, 11) is 1.60. The molecule has 2 N–H and O–H groups in total. The summed E-state index contributed by atoms with van der Waals surface area (Å²) in [6, 6.07) is 12.7. The summed E-state index contributed by atoms with van der Waals surface area (Å²) in [6.07, 6.45) is -0.582. The van der Waals surface area contributed by atoms with Gasteiger partial charge in [0, 0.05) is 16.6 Å². The van der Waals surface area contributed by atoms with Crippen LogP contribution < -0.4 is 10.1 Å². The lowest BCUT2D eigenvalue weighted by Gasteiger charge is -2.19. The number of hydrogen-bond donors (Lipinski definition) is 2. The Morgan fingerprint density at radius 2 is 1.95 bits per heavy atom. The lowest BCUT2D eigenvalue weighted by atomic mass is 9.88. The molecule has 4 nitrogen and oxygen atoms in total. The third-order valence-corrected chi connectivity index (χ3v) is 4.19. The van der Waals surface area contributed by atoms with Crippen LogP contribution in [0, 0.1) is 0 Å². The third-order valence-electron chi connectivity index (χ3n) is 3.96. The Hall–Kier alpha value is -2.04. The van der Waals surface area contributed by atoms with E-state index in [-0.39, 0.29) is 5.92 Å². The van der Waals surface area contributed by atoms with Crippen LogP contribution in [0.5, 0.6) is 5.75 Å². The summed E-state index contributed by atoms with van der Waals surface area (Å²) in [6.45, 7) is 0. The monoisotopic (exact) mass is 317 g/mol. The molecule has 114 valence electrons. The third kappa shape index (κ3) is 2.80. The minimum absolute atomic E-state index is 0.328. The van der Waals surface area contributed by atoms with Gasteiger partial charge in [0.1, 0.15) is 11.9 Å². The van der Waals surface area contributed by atoms with E-state index in [4.69, 9.17) is 16.3 Å². The van der Waals surface area contributed by atoms with Gasteiger partial charge in [0.25, 0.3) is 5.91 Å². The first-order valence-corrected chi connectivity index (χ1v) is 7.37. The molecular weight excluding hydrogens is 302 g/mol. The van der Waals surface area contributed by atoms with Crippen molar-refractivity contribution in [3.05, 3.63) is 58.6 Å². The van der Waals surface area contributed by atoms with E-state index in [1.807, 2.05) is 30.3 Å². The van der Waals surface area contributed by atoms with Crippen LogP contribution in [0.2, 0.25) is 5.02 Å². The number of carbonyl (C=O) groups is 1. The van der Waals surface area contributed by atoms with Gasteiger partial charge in [-0.15, -0.1) is 0 Å². The molecule has 5 heteroatoms. The highest BCUT2D eigenvalue weighted by Gasteiger charge is 2.32. The van der Waals surface area contributed by atoms with Gasteiger partial charge in [-0.1, -0.05) is 23.7 Å². The Morgan fingerprint density at radius 1 is 1.23 bits per heavy atom.